The molecule has 0 amide bonds. The number of benzene rings is 1. The van der Waals surface area contributed by atoms with Gasteiger partial charge in [-0.2, -0.15) is 0 Å². The van der Waals surface area contributed by atoms with E-state index in [0.29, 0.717) is 12.7 Å². The Labute approximate surface area is 124 Å². The molecule has 0 unspecified atom stereocenters. The molecule has 3 nitrogen and oxygen atoms in total. The molecular weight excluding hydrogens is 306 g/mol. The number of nitrogens with one attached hydrogen (secondary N) is 1. The highest BCUT2D eigenvalue weighted by Gasteiger charge is 2.00. The summed E-state index contributed by atoms with van der Waals surface area (Å²) in [4.78, 5) is 0. The Bertz CT molecular complexity index is 369. The lowest BCUT2D eigenvalue weighted by Crippen LogP contribution is -2.23. The molecule has 0 spiro atoms. The van der Waals surface area contributed by atoms with Crippen LogP contribution < -0.4 is 10.1 Å². The summed E-state index contributed by atoms with van der Waals surface area (Å²) in [6, 6.07) is 6.11. The first kappa shape index (κ1) is 16.5. The molecule has 4 heteroatoms. The highest BCUT2D eigenvalue weighted by molar-refractivity contribution is 9.10. The largest absolute Gasteiger partial charge is 0.491 e. The second-order valence-electron chi connectivity index (χ2n) is 4.81. The van der Waals surface area contributed by atoms with Gasteiger partial charge in [0.15, 0.2) is 0 Å². The van der Waals surface area contributed by atoms with Gasteiger partial charge in [0, 0.05) is 13.2 Å². The molecule has 1 aromatic carbocycles. The maximum Gasteiger partial charge on any atom is 0.133 e. The van der Waals surface area contributed by atoms with E-state index in [2.05, 4.69) is 54.2 Å². The lowest BCUT2D eigenvalue weighted by molar-refractivity contribution is 0.0770. The van der Waals surface area contributed by atoms with E-state index in [9.17, 15) is 0 Å². The van der Waals surface area contributed by atoms with Crippen molar-refractivity contribution in [2.75, 3.05) is 26.3 Å². The number of rotatable bonds is 9. The Morgan fingerprint density at radius 3 is 2.68 bits per heavy atom. The first-order valence-electron chi connectivity index (χ1n) is 6.81. The van der Waals surface area contributed by atoms with Crippen molar-refractivity contribution in [3.63, 3.8) is 0 Å². The van der Waals surface area contributed by atoms with Crippen LogP contribution in [0.2, 0.25) is 0 Å². The molecule has 0 saturated carbocycles. The van der Waals surface area contributed by atoms with Crippen molar-refractivity contribution < 1.29 is 9.47 Å². The Hall–Kier alpha value is -0.580. The van der Waals surface area contributed by atoms with Crippen LogP contribution in [-0.4, -0.2) is 32.4 Å². The van der Waals surface area contributed by atoms with Gasteiger partial charge >= 0.3 is 0 Å². The minimum Gasteiger partial charge on any atom is -0.491 e. The second kappa shape index (κ2) is 9.34. The summed E-state index contributed by atoms with van der Waals surface area (Å²) in [5, 5.41) is 3.34. The maximum absolute atomic E-state index is 5.70. The summed E-state index contributed by atoms with van der Waals surface area (Å²) >= 11 is 3.50. The van der Waals surface area contributed by atoms with E-state index in [-0.39, 0.29) is 0 Å². The quantitative estimate of drug-likeness (QED) is 0.703. The topological polar surface area (TPSA) is 30.5 Å². The number of hydrogen-bond donors (Lipinski definition) is 1. The number of ether oxygens (including phenoxy) is 2. The van der Waals surface area contributed by atoms with Gasteiger partial charge in [0.1, 0.15) is 12.4 Å². The van der Waals surface area contributed by atoms with E-state index in [1.165, 1.54) is 5.56 Å². The van der Waals surface area contributed by atoms with Crippen LogP contribution in [0.1, 0.15) is 25.8 Å². The molecule has 1 rings (SSSR count). The predicted octanol–water partition coefficient (Wildman–Crippen LogP) is 3.54. The Morgan fingerprint density at radius 1 is 1.21 bits per heavy atom. The van der Waals surface area contributed by atoms with Gasteiger partial charge in [-0.05, 0) is 67.4 Å². The third-order valence-electron chi connectivity index (χ3n) is 2.57. The van der Waals surface area contributed by atoms with Crippen molar-refractivity contribution in [3.8, 4) is 5.75 Å². The molecule has 1 N–H and O–H groups in total. The standard InChI is InChI=1S/C15H24BrNO2/c1-12(2)18-9-4-7-17-8-10-19-15-6-5-13(3)11-14(15)16/h5-6,11-12,17H,4,7-10H2,1-3H3. The zero-order chi connectivity index (χ0) is 14.1. The van der Waals surface area contributed by atoms with Crippen molar-refractivity contribution in [2.24, 2.45) is 0 Å². The van der Waals surface area contributed by atoms with E-state index in [4.69, 9.17) is 9.47 Å². The SMILES string of the molecule is Cc1ccc(OCCNCCCOC(C)C)c(Br)c1. The average Bonchev–Trinajstić information content (AvgIpc) is 2.34. The van der Waals surface area contributed by atoms with Crippen LogP contribution >= 0.6 is 15.9 Å². The van der Waals surface area contributed by atoms with Crippen LogP contribution in [0.3, 0.4) is 0 Å². The van der Waals surface area contributed by atoms with Gasteiger partial charge in [0.25, 0.3) is 0 Å². The number of hydrogen-bond acceptors (Lipinski definition) is 3. The van der Waals surface area contributed by atoms with Gasteiger partial charge in [-0.3, -0.25) is 0 Å². The van der Waals surface area contributed by atoms with Crippen molar-refractivity contribution in [2.45, 2.75) is 33.3 Å². The molecule has 0 heterocycles. The van der Waals surface area contributed by atoms with Crippen LogP contribution in [0.15, 0.2) is 22.7 Å². The summed E-state index contributed by atoms with van der Waals surface area (Å²) in [5.74, 6) is 0.899. The molecule has 0 saturated heterocycles. The number of halogens is 1. The predicted molar refractivity (Wildman–Crippen MR) is 82.9 cm³/mol. The third kappa shape index (κ3) is 7.55. The zero-order valence-corrected chi connectivity index (χ0v) is 13.6. The van der Waals surface area contributed by atoms with Gasteiger partial charge in [-0.1, -0.05) is 6.07 Å². The van der Waals surface area contributed by atoms with E-state index in [0.717, 1.165) is 36.3 Å². The molecule has 1 aromatic rings. The van der Waals surface area contributed by atoms with Crippen LogP contribution in [0.25, 0.3) is 0 Å². The molecule has 0 atom stereocenters. The maximum atomic E-state index is 5.70. The molecule has 0 fully saturated rings. The second-order valence-corrected chi connectivity index (χ2v) is 5.66. The van der Waals surface area contributed by atoms with E-state index in [1.807, 2.05) is 6.07 Å². The van der Waals surface area contributed by atoms with Crippen molar-refractivity contribution >= 4 is 15.9 Å². The Kier molecular flexibility index (Phi) is 8.10. The fourth-order valence-electron chi connectivity index (χ4n) is 1.60. The van der Waals surface area contributed by atoms with Gasteiger partial charge in [0.05, 0.1) is 10.6 Å². The fourth-order valence-corrected chi connectivity index (χ4v) is 2.21. The molecule has 0 aliphatic rings. The normalized spacial score (nSPS) is 11.0. The summed E-state index contributed by atoms with van der Waals surface area (Å²) in [6.45, 7) is 9.48. The summed E-state index contributed by atoms with van der Waals surface area (Å²) < 4.78 is 12.2. The van der Waals surface area contributed by atoms with Crippen molar-refractivity contribution in [1.29, 1.82) is 0 Å². The minimum atomic E-state index is 0.322. The van der Waals surface area contributed by atoms with Gasteiger partial charge in [0.2, 0.25) is 0 Å². The summed E-state index contributed by atoms with van der Waals surface area (Å²) in [5.41, 5.74) is 1.22. The van der Waals surface area contributed by atoms with E-state index >= 15 is 0 Å². The lowest BCUT2D eigenvalue weighted by atomic mass is 10.2. The van der Waals surface area contributed by atoms with Crippen LogP contribution in [0.5, 0.6) is 5.75 Å². The third-order valence-corrected chi connectivity index (χ3v) is 3.19. The molecule has 0 aromatic heterocycles. The first-order valence-corrected chi connectivity index (χ1v) is 7.60. The zero-order valence-electron chi connectivity index (χ0n) is 12.0. The lowest BCUT2D eigenvalue weighted by Gasteiger charge is -2.10. The Morgan fingerprint density at radius 2 is 2.00 bits per heavy atom. The monoisotopic (exact) mass is 329 g/mol. The molecule has 0 aliphatic carbocycles. The molecule has 0 bridgehead atoms. The summed E-state index contributed by atoms with van der Waals surface area (Å²) in [6.07, 6.45) is 1.36. The van der Waals surface area contributed by atoms with Gasteiger partial charge in [-0.25, -0.2) is 0 Å². The van der Waals surface area contributed by atoms with E-state index in [1.54, 1.807) is 0 Å². The average molecular weight is 330 g/mol. The van der Waals surface area contributed by atoms with Gasteiger partial charge < -0.3 is 14.8 Å². The van der Waals surface area contributed by atoms with Gasteiger partial charge in [-0.15, -0.1) is 0 Å². The Balaban J connectivity index is 2.04. The van der Waals surface area contributed by atoms with E-state index < -0.39 is 0 Å². The highest BCUT2D eigenvalue weighted by atomic mass is 79.9. The number of aryl methyl sites for hydroxylation is 1. The van der Waals surface area contributed by atoms with Crippen molar-refractivity contribution in [3.05, 3.63) is 28.2 Å². The van der Waals surface area contributed by atoms with Crippen LogP contribution in [0, 0.1) is 6.92 Å². The molecule has 0 aliphatic heterocycles. The highest BCUT2D eigenvalue weighted by Crippen LogP contribution is 2.25. The first-order chi connectivity index (χ1) is 9.09. The fraction of sp³-hybridized carbons (Fsp3) is 0.600. The molecule has 0 radical (unpaired) electrons. The van der Waals surface area contributed by atoms with Crippen LogP contribution in [-0.2, 0) is 4.74 Å². The molecule has 19 heavy (non-hydrogen) atoms. The smallest absolute Gasteiger partial charge is 0.133 e. The van der Waals surface area contributed by atoms with Crippen LogP contribution in [0.4, 0.5) is 0 Å². The molecule has 108 valence electrons. The minimum absolute atomic E-state index is 0.322. The molecular formula is C15H24BrNO2. The summed E-state index contributed by atoms with van der Waals surface area (Å²) in [7, 11) is 0. The van der Waals surface area contributed by atoms with Crippen molar-refractivity contribution in [1.82, 2.24) is 5.32 Å².